The fourth-order valence-corrected chi connectivity index (χ4v) is 3.07. The van der Waals surface area contributed by atoms with Crippen molar-refractivity contribution in [1.82, 2.24) is 14.9 Å². The molecule has 6 heteroatoms. The topological polar surface area (TPSA) is 59.0 Å². The van der Waals surface area contributed by atoms with Gasteiger partial charge in [-0.15, -0.1) is 0 Å². The molecule has 0 saturated carbocycles. The number of aryl methyl sites for hydroxylation is 2. The van der Waals surface area contributed by atoms with E-state index in [-0.39, 0.29) is 12.5 Å². The molecule has 0 bridgehead atoms. The van der Waals surface area contributed by atoms with Gasteiger partial charge in [0.2, 0.25) is 11.9 Å². The van der Waals surface area contributed by atoms with Crippen LogP contribution in [0.1, 0.15) is 25.0 Å². The predicted molar refractivity (Wildman–Crippen MR) is 120 cm³/mol. The molecule has 0 spiro atoms. The zero-order valence-corrected chi connectivity index (χ0v) is 18.0. The van der Waals surface area contributed by atoms with Crippen LogP contribution in [0.3, 0.4) is 0 Å². The van der Waals surface area contributed by atoms with Crippen molar-refractivity contribution in [2.75, 3.05) is 18.4 Å². The Morgan fingerprint density at radius 1 is 1.10 bits per heavy atom. The lowest BCUT2D eigenvalue weighted by Gasteiger charge is -2.11. The van der Waals surface area contributed by atoms with E-state index in [1.807, 2.05) is 41.1 Å². The molecular weight excluding hydrogens is 384 g/mol. The molecule has 1 aromatic heterocycles. The van der Waals surface area contributed by atoms with Crippen molar-refractivity contribution < 1.29 is 4.79 Å². The first kappa shape index (κ1) is 21.1. The van der Waals surface area contributed by atoms with Crippen molar-refractivity contribution in [3.05, 3.63) is 64.8 Å². The number of imidazole rings is 1. The fourth-order valence-electron chi connectivity index (χ4n) is 2.94. The summed E-state index contributed by atoms with van der Waals surface area (Å²) in [6.45, 7) is 9.40. The van der Waals surface area contributed by atoms with Crippen LogP contribution in [0, 0.1) is 19.8 Å². The highest BCUT2D eigenvalue weighted by Gasteiger charge is 2.14. The number of carbonyl (C=O) groups excluding carboxylic acids is 1. The number of amides is 1. The lowest BCUT2D eigenvalue weighted by atomic mass is 10.1. The Morgan fingerprint density at radius 3 is 2.48 bits per heavy atom. The molecule has 1 heterocycles. The number of hydrogen-bond acceptors (Lipinski definition) is 3. The maximum Gasteiger partial charge on any atom is 0.240 e. The summed E-state index contributed by atoms with van der Waals surface area (Å²) in [6.07, 6.45) is 1.94. The van der Waals surface area contributed by atoms with Crippen molar-refractivity contribution in [2.45, 2.75) is 27.7 Å². The van der Waals surface area contributed by atoms with Crippen molar-refractivity contribution in [2.24, 2.45) is 5.92 Å². The maximum absolute atomic E-state index is 12.4. The van der Waals surface area contributed by atoms with Crippen molar-refractivity contribution in [3.8, 4) is 16.9 Å². The number of hydrogen-bond donors (Lipinski definition) is 2. The molecule has 2 aromatic carbocycles. The molecular formula is C23H27ClN4O. The highest BCUT2D eigenvalue weighted by molar-refractivity contribution is 6.30. The largest absolute Gasteiger partial charge is 0.308 e. The van der Waals surface area contributed by atoms with Gasteiger partial charge >= 0.3 is 0 Å². The molecule has 0 atom stereocenters. The Labute approximate surface area is 177 Å². The fraction of sp³-hybridized carbons (Fsp3) is 0.304. The number of nitrogens with zero attached hydrogens (tertiary/aromatic N) is 2. The van der Waals surface area contributed by atoms with Gasteiger partial charge in [0.05, 0.1) is 12.2 Å². The third-order valence-corrected chi connectivity index (χ3v) is 4.96. The van der Waals surface area contributed by atoms with E-state index in [2.05, 4.69) is 55.4 Å². The summed E-state index contributed by atoms with van der Waals surface area (Å²) >= 11 is 6.01. The first-order valence-corrected chi connectivity index (χ1v) is 10.1. The van der Waals surface area contributed by atoms with E-state index >= 15 is 0 Å². The Bertz CT molecular complexity index is 993. The van der Waals surface area contributed by atoms with E-state index < -0.39 is 0 Å². The second-order valence-corrected chi connectivity index (χ2v) is 8.10. The molecule has 2 N–H and O–H groups in total. The van der Waals surface area contributed by atoms with Gasteiger partial charge in [-0.05, 0) is 61.7 Å². The molecule has 0 unspecified atom stereocenters. The summed E-state index contributed by atoms with van der Waals surface area (Å²) in [7, 11) is 0. The third-order valence-electron chi connectivity index (χ3n) is 4.70. The van der Waals surface area contributed by atoms with Crippen molar-refractivity contribution in [1.29, 1.82) is 0 Å². The highest BCUT2D eigenvalue weighted by atomic mass is 35.5. The van der Waals surface area contributed by atoms with E-state index in [1.54, 1.807) is 0 Å². The van der Waals surface area contributed by atoms with Crippen LogP contribution >= 0.6 is 11.6 Å². The van der Waals surface area contributed by atoms with Gasteiger partial charge in [0.15, 0.2) is 0 Å². The first-order chi connectivity index (χ1) is 13.8. The van der Waals surface area contributed by atoms with E-state index in [4.69, 9.17) is 11.6 Å². The number of aromatic nitrogens is 2. The summed E-state index contributed by atoms with van der Waals surface area (Å²) in [6, 6.07) is 13.7. The molecule has 0 aliphatic heterocycles. The van der Waals surface area contributed by atoms with Gasteiger partial charge in [-0.3, -0.25) is 14.7 Å². The number of benzene rings is 2. The quantitative estimate of drug-likeness (QED) is 0.576. The van der Waals surface area contributed by atoms with Gasteiger partial charge in [0, 0.05) is 22.5 Å². The van der Waals surface area contributed by atoms with Gasteiger partial charge in [0.25, 0.3) is 0 Å². The molecule has 3 aromatic rings. The monoisotopic (exact) mass is 410 g/mol. The van der Waals surface area contributed by atoms with Crippen LogP contribution in [0.4, 0.5) is 5.95 Å². The van der Waals surface area contributed by atoms with E-state index in [0.29, 0.717) is 16.9 Å². The Balaban J connectivity index is 1.92. The van der Waals surface area contributed by atoms with E-state index in [9.17, 15) is 4.79 Å². The Hall–Kier alpha value is -2.63. The first-order valence-electron chi connectivity index (χ1n) is 9.77. The SMILES string of the molecule is Cc1ccc(-n2cc(-c3ccc(Cl)cc3)nc2NC(=O)CNCC(C)C)cc1C. The van der Waals surface area contributed by atoms with Crippen molar-refractivity contribution in [3.63, 3.8) is 0 Å². The lowest BCUT2D eigenvalue weighted by Crippen LogP contribution is -2.31. The number of carbonyl (C=O) groups is 1. The zero-order chi connectivity index (χ0) is 21.0. The van der Waals surface area contributed by atoms with Gasteiger partial charge in [-0.2, -0.15) is 0 Å². The van der Waals surface area contributed by atoms with Gasteiger partial charge in [0.1, 0.15) is 0 Å². The second-order valence-electron chi connectivity index (χ2n) is 7.67. The molecule has 0 aliphatic carbocycles. The number of anilines is 1. The second kappa shape index (κ2) is 9.25. The number of rotatable bonds is 7. The smallest absolute Gasteiger partial charge is 0.240 e. The normalized spacial score (nSPS) is 11.1. The predicted octanol–water partition coefficient (Wildman–Crippen LogP) is 4.99. The molecule has 1 amide bonds. The molecule has 29 heavy (non-hydrogen) atoms. The average Bonchev–Trinajstić information content (AvgIpc) is 3.08. The maximum atomic E-state index is 12.4. The summed E-state index contributed by atoms with van der Waals surface area (Å²) in [5.74, 6) is 0.857. The van der Waals surface area contributed by atoms with Crippen LogP contribution in [-0.2, 0) is 4.79 Å². The molecule has 0 saturated heterocycles. The highest BCUT2D eigenvalue weighted by Crippen LogP contribution is 2.26. The minimum atomic E-state index is -0.121. The van der Waals surface area contributed by atoms with E-state index in [0.717, 1.165) is 23.5 Å². The summed E-state index contributed by atoms with van der Waals surface area (Å²) < 4.78 is 1.91. The molecule has 5 nitrogen and oxygen atoms in total. The van der Waals surface area contributed by atoms with Crippen LogP contribution in [-0.4, -0.2) is 28.5 Å². The minimum Gasteiger partial charge on any atom is -0.308 e. The molecule has 0 fully saturated rings. The van der Waals surface area contributed by atoms with E-state index in [1.165, 1.54) is 11.1 Å². The molecule has 0 aliphatic rings. The van der Waals surface area contributed by atoms with Gasteiger partial charge < -0.3 is 5.32 Å². The molecule has 3 rings (SSSR count). The van der Waals surface area contributed by atoms with Crippen LogP contribution in [0.5, 0.6) is 0 Å². The third kappa shape index (κ3) is 5.46. The molecule has 0 radical (unpaired) electrons. The zero-order valence-electron chi connectivity index (χ0n) is 17.3. The number of halogens is 1. The van der Waals surface area contributed by atoms with Crippen LogP contribution in [0.2, 0.25) is 5.02 Å². The van der Waals surface area contributed by atoms with Crippen LogP contribution in [0.25, 0.3) is 16.9 Å². The van der Waals surface area contributed by atoms with Gasteiger partial charge in [-0.1, -0.05) is 43.6 Å². The van der Waals surface area contributed by atoms with Crippen LogP contribution in [0.15, 0.2) is 48.7 Å². The average molecular weight is 411 g/mol. The lowest BCUT2D eigenvalue weighted by molar-refractivity contribution is -0.115. The summed E-state index contributed by atoms with van der Waals surface area (Å²) in [5, 5.41) is 6.78. The number of nitrogens with one attached hydrogen (secondary N) is 2. The van der Waals surface area contributed by atoms with Gasteiger partial charge in [-0.25, -0.2) is 4.98 Å². The Kier molecular flexibility index (Phi) is 6.72. The Morgan fingerprint density at radius 2 is 1.83 bits per heavy atom. The standard InChI is InChI=1S/C23H27ClN4O/c1-15(2)12-25-13-22(29)27-23-26-21(18-6-8-19(24)9-7-18)14-28(23)20-10-5-16(3)17(4)11-20/h5-11,14-15,25H,12-13H2,1-4H3,(H,26,27,29). The van der Waals surface area contributed by atoms with Crippen LogP contribution < -0.4 is 10.6 Å². The molecule has 152 valence electrons. The summed E-state index contributed by atoms with van der Waals surface area (Å²) in [4.78, 5) is 17.1. The van der Waals surface area contributed by atoms with Crippen molar-refractivity contribution >= 4 is 23.5 Å². The minimum absolute atomic E-state index is 0.121. The summed E-state index contributed by atoms with van der Waals surface area (Å²) in [5.41, 5.74) is 5.05.